The van der Waals surface area contributed by atoms with E-state index in [1.807, 2.05) is 21.6 Å². The fraction of sp³-hybridized carbons (Fsp3) is 0.657. The minimum absolute atomic E-state index is 0.0359. The topological polar surface area (TPSA) is 272 Å². The predicted octanol–water partition coefficient (Wildman–Crippen LogP) is -2.85. The number of hydrogen-bond acceptors (Lipinski definition) is 17. The first-order valence-electron chi connectivity index (χ1n) is 19.4. The zero-order valence-corrected chi connectivity index (χ0v) is 33.1. The molecule has 5 rings (SSSR count). The fourth-order valence-electron chi connectivity index (χ4n) is 6.15. The van der Waals surface area contributed by atoms with Crippen LogP contribution in [0.3, 0.4) is 0 Å². The third-order valence-electron chi connectivity index (χ3n) is 9.31. The van der Waals surface area contributed by atoms with E-state index in [9.17, 15) is 9.59 Å². The third-order valence-corrected chi connectivity index (χ3v) is 9.31. The van der Waals surface area contributed by atoms with Crippen molar-refractivity contribution in [1.29, 1.82) is 0 Å². The van der Waals surface area contributed by atoms with Crippen molar-refractivity contribution in [2.45, 2.75) is 38.8 Å². The molecule has 5 heterocycles. The molecule has 6 N–H and O–H groups in total. The van der Waals surface area contributed by atoms with E-state index in [0.29, 0.717) is 141 Å². The number of guanidine groups is 1. The Bertz CT molecular complexity index is 1790. The number of amides is 2. The van der Waals surface area contributed by atoms with Gasteiger partial charge in [0.2, 0.25) is 29.7 Å². The minimum atomic E-state index is -0.530. The van der Waals surface area contributed by atoms with E-state index in [1.54, 1.807) is 22.0 Å². The van der Waals surface area contributed by atoms with Gasteiger partial charge in [0.15, 0.2) is 5.96 Å². The summed E-state index contributed by atoms with van der Waals surface area (Å²) >= 11 is 0. The molecule has 2 saturated heterocycles. The van der Waals surface area contributed by atoms with Crippen molar-refractivity contribution in [3.8, 4) is 12.3 Å². The highest BCUT2D eigenvalue weighted by Crippen LogP contribution is 2.21. The maximum absolute atomic E-state index is 13.5. The van der Waals surface area contributed by atoms with Crippen molar-refractivity contribution in [2.24, 2.45) is 16.5 Å². The molecule has 1 atom stereocenters. The zero-order chi connectivity index (χ0) is 41.1. The Hall–Kier alpha value is -5.70. The number of aliphatic hydroxyl groups is 1. The van der Waals surface area contributed by atoms with Crippen LogP contribution in [0.2, 0.25) is 0 Å². The Morgan fingerprint density at radius 3 is 2.14 bits per heavy atom. The second-order valence-corrected chi connectivity index (χ2v) is 13.5. The van der Waals surface area contributed by atoms with Crippen LogP contribution >= 0.6 is 0 Å². The first kappa shape index (κ1) is 43.4. The number of ether oxygens (including phenoxy) is 3. The van der Waals surface area contributed by atoms with Gasteiger partial charge in [-0.3, -0.25) is 14.6 Å². The number of nitrogens with two attached hydrogens (primary N) is 2. The van der Waals surface area contributed by atoms with Gasteiger partial charge >= 0.3 is 0 Å². The molecule has 0 unspecified atom stereocenters. The average molecular weight is 810 g/mol. The van der Waals surface area contributed by atoms with Gasteiger partial charge in [-0.1, -0.05) is 16.3 Å². The van der Waals surface area contributed by atoms with Crippen molar-refractivity contribution < 1.29 is 28.9 Å². The third kappa shape index (κ3) is 13.5. The van der Waals surface area contributed by atoms with Gasteiger partial charge in [-0.05, 0) is 19.8 Å². The molecule has 23 nitrogen and oxygen atoms in total. The van der Waals surface area contributed by atoms with Crippen LogP contribution in [0.25, 0.3) is 0 Å². The summed E-state index contributed by atoms with van der Waals surface area (Å²) in [5, 5.41) is 28.8. The molecule has 0 radical (unpaired) electrons. The van der Waals surface area contributed by atoms with Crippen LogP contribution in [-0.2, 0) is 43.2 Å². The van der Waals surface area contributed by atoms with Crippen LogP contribution in [0.1, 0.15) is 30.8 Å². The summed E-state index contributed by atoms with van der Waals surface area (Å²) in [6.07, 6.45) is 10.4. The number of nitrogens with zero attached hydrogens (tertiary/aromatic N) is 14. The Labute approximate surface area is 337 Å². The van der Waals surface area contributed by atoms with Crippen LogP contribution in [-0.4, -0.2) is 189 Å². The van der Waals surface area contributed by atoms with E-state index in [0.717, 1.165) is 5.69 Å². The molecule has 0 bridgehead atoms. The van der Waals surface area contributed by atoms with Gasteiger partial charge < -0.3 is 55.7 Å². The number of carbonyl (C=O) groups is 2. The maximum Gasteiger partial charge on any atom is 0.247 e. The van der Waals surface area contributed by atoms with Crippen molar-refractivity contribution in [2.75, 3.05) is 127 Å². The Morgan fingerprint density at radius 2 is 1.48 bits per heavy atom. The van der Waals surface area contributed by atoms with E-state index in [1.165, 1.54) is 4.68 Å². The quantitative estimate of drug-likeness (QED) is 0.0325. The molecule has 0 aliphatic carbocycles. The second-order valence-electron chi connectivity index (χ2n) is 13.5. The summed E-state index contributed by atoms with van der Waals surface area (Å²) in [5.41, 5.74) is 12.2. The smallest absolute Gasteiger partial charge is 0.247 e. The van der Waals surface area contributed by atoms with Gasteiger partial charge in [-0.15, -0.1) is 16.6 Å². The lowest BCUT2D eigenvalue weighted by molar-refractivity contribution is -0.135. The van der Waals surface area contributed by atoms with Crippen LogP contribution in [0, 0.1) is 12.3 Å². The molecule has 316 valence electrons. The molecule has 2 aliphatic heterocycles. The number of aryl methyl sites for hydroxylation is 1. The van der Waals surface area contributed by atoms with Gasteiger partial charge in [0.1, 0.15) is 19.2 Å². The number of piperazine rings is 2. The lowest BCUT2D eigenvalue weighted by atomic mass is 10.2. The molecule has 0 saturated carbocycles. The first-order valence-corrected chi connectivity index (χ1v) is 19.4. The van der Waals surface area contributed by atoms with Gasteiger partial charge in [-0.25, -0.2) is 9.36 Å². The number of aliphatic imine (C=N–C) groups is 1. The van der Waals surface area contributed by atoms with E-state index in [4.69, 9.17) is 52.2 Å². The Balaban J connectivity index is 1.16. The van der Waals surface area contributed by atoms with Crippen molar-refractivity contribution in [1.82, 2.24) is 54.7 Å². The summed E-state index contributed by atoms with van der Waals surface area (Å²) in [7, 11) is 0. The minimum Gasteiger partial charge on any atom is -0.396 e. The molecule has 0 spiro atoms. The molecule has 0 aromatic carbocycles. The van der Waals surface area contributed by atoms with Gasteiger partial charge in [0.05, 0.1) is 44.4 Å². The van der Waals surface area contributed by atoms with E-state index in [-0.39, 0.29) is 37.5 Å². The van der Waals surface area contributed by atoms with Crippen LogP contribution < -0.4 is 26.6 Å². The SMILES string of the molecule is C#CCOCCOCCOCCNc1nc(N2CCN(C(=O)Cn3cc(CCO)nn3)CC2)nc(N2CCN(C(=O)[C@H](C)n3cc(CCCN=C(N)N)nn3)CC2)n1. The van der Waals surface area contributed by atoms with E-state index in [2.05, 4.69) is 36.9 Å². The molecule has 58 heavy (non-hydrogen) atoms. The predicted molar refractivity (Wildman–Crippen MR) is 212 cm³/mol. The molecule has 2 fully saturated rings. The number of anilines is 3. The van der Waals surface area contributed by atoms with Gasteiger partial charge in [0, 0.05) is 90.9 Å². The van der Waals surface area contributed by atoms with Crippen LogP contribution in [0.5, 0.6) is 0 Å². The Kier molecular flexibility index (Phi) is 17.1. The summed E-state index contributed by atoms with van der Waals surface area (Å²) in [5.74, 6) is 3.69. The van der Waals surface area contributed by atoms with Crippen molar-refractivity contribution in [3.05, 3.63) is 23.8 Å². The number of carbonyl (C=O) groups excluding carboxylic acids is 2. The van der Waals surface area contributed by atoms with Crippen molar-refractivity contribution >= 4 is 35.6 Å². The summed E-state index contributed by atoms with van der Waals surface area (Å²) in [4.78, 5) is 52.6. The molecule has 23 heteroatoms. The van der Waals surface area contributed by atoms with Crippen molar-refractivity contribution in [3.63, 3.8) is 0 Å². The standard InChI is InChI=1S/C35H55N17O6/c1-3-18-56-20-22-58-23-21-57-19-8-39-33-40-34(49-13-9-47(10-14-49)30(54)26-51-24-29(6-17-53)43-45-51)42-35(41-33)50-15-11-48(12-16-50)31(55)27(2)52-25-28(44-46-52)5-4-7-38-32(36)37/h1,24-25,27,53H,4-23,26H2,2H3,(H4,36,37,38)(H,39,40,41,42)/t27-/m0/s1. The highest BCUT2D eigenvalue weighted by Gasteiger charge is 2.29. The molecule has 2 aliphatic rings. The Morgan fingerprint density at radius 1 is 0.862 bits per heavy atom. The number of aromatic nitrogens is 9. The van der Waals surface area contributed by atoms with Gasteiger partial charge in [0.25, 0.3) is 0 Å². The molecule has 3 aromatic rings. The second kappa shape index (κ2) is 22.9. The average Bonchev–Trinajstić information content (AvgIpc) is 3.90. The number of hydrogen-bond donors (Lipinski definition) is 4. The number of aliphatic hydroxyl groups excluding tert-OH is 1. The van der Waals surface area contributed by atoms with Crippen LogP contribution in [0.15, 0.2) is 17.4 Å². The molecule has 3 aromatic heterocycles. The highest BCUT2D eigenvalue weighted by atomic mass is 16.5. The highest BCUT2D eigenvalue weighted by molar-refractivity contribution is 5.80. The summed E-state index contributed by atoms with van der Waals surface area (Å²) < 4.78 is 19.5. The van der Waals surface area contributed by atoms with E-state index >= 15 is 0 Å². The molecule has 2 amide bonds. The van der Waals surface area contributed by atoms with E-state index < -0.39 is 6.04 Å². The lowest BCUT2D eigenvalue weighted by Crippen LogP contribution is -2.51. The fourth-order valence-corrected chi connectivity index (χ4v) is 6.15. The largest absolute Gasteiger partial charge is 0.396 e. The lowest BCUT2D eigenvalue weighted by Gasteiger charge is -2.37. The number of terminal acetylenes is 1. The van der Waals surface area contributed by atoms with Crippen LogP contribution in [0.4, 0.5) is 17.8 Å². The summed E-state index contributed by atoms with van der Waals surface area (Å²) in [6.45, 7) is 9.03. The monoisotopic (exact) mass is 809 g/mol. The number of rotatable bonds is 23. The maximum atomic E-state index is 13.5. The van der Waals surface area contributed by atoms with Gasteiger partial charge in [-0.2, -0.15) is 15.0 Å². The zero-order valence-electron chi connectivity index (χ0n) is 33.1. The number of nitrogens with one attached hydrogen (secondary N) is 1. The molecular weight excluding hydrogens is 754 g/mol. The molecular formula is C35H55N17O6. The normalized spacial score (nSPS) is 15.0. The first-order chi connectivity index (χ1) is 28.2. The summed E-state index contributed by atoms with van der Waals surface area (Å²) in [6, 6.07) is -0.530.